The SMILES string of the molecule is Fc1ccc(CCc2ccc(C3CCC(CC4(c5ccccc5)CC4)CC3)cc2)cc1F. The number of rotatable bonds is 7. The molecule has 2 aliphatic rings. The van der Waals surface area contributed by atoms with Gasteiger partial charge in [-0.25, -0.2) is 8.78 Å². The summed E-state index contributed by atoms with van der Waals surface area (Å²) >= 11 is 0. The van der Waals surface area contributed by atoms with E-state index >= 15 is 0 Å². The minimum atomic E-state index is -0.778. The third-order valence-corrected chi connectivity index (χ3v) is 7.90. The Bertz CT molecular complexity index is 1030. The second kappa shape index (κ2) is 9.17. The van der Waals surface area contributed by atoms with Gasteiger partial charge in [0.2, 0.25) is 0 Å². The molecule has 0 N–H and O–H groups in total. The molecule has 0 aliphatic heterocycles. The molecule has 3 aromatic rings. The van der Waals surface area contributed by atoms with Crippen molar-refractivity contribution in [2.75, 3.05) is 0 Å². The van der Waals surface area contributed by atoms with E-state index in [1.54, 1.807) is 11.6 Å². The first-order valence-electron chi connectivity index (χ1n) is 12.2. The predicted molar refractivity (Wildman–Crippen MR) is 127 cm³/mol. The lowest BCUT2D eigenvalue weighted by Gasteiger charge is -2.31. The van der Waals surface area contributed by atoms with Crippen molar-refractivity contribution in [3.63, 3.8) is 0 Å². The van der Waals surface area contributed by atoms with Gasteiger partial charge in [-0.1, -0.05) is 60.7 Å². The van der Waals surface area contributed by atoms with E-state index in [0.717, 1.165) is 24.3 Å². The highest BCUT2D eigenvalue weighted by Crippen LogP contribution is 2.54. The minimum Gasteiger partial charge on any atom is -0.204 e. The quantitative estimate of drug-likeness (QED) is 0.355. The van der Waals surface area contributed by atoms with Gasteiger partial charge in [-0.15, -0.1) is 0 Å². The van der Waals surface area contributed by atoms with Gasteiger partial charge in [0.25, 0.3) is 0 Å². The van der Waals surface area contributed by atoms with Gasteiger partial charge in [-0.3, -0.25) is 0 Å². The molecule has 32 heavy (non-hydrogen) atoms. The molecule has 5 rings (SSSR count). The Morgan fingerprint density at radius 1 is 0.688 bits per heavy atom. The third-order valence-electron chi connectivity index (χ3n) is 7.90. The monoisotopic (exact) mass is 430 g/mol. The average molecular weight is 431 g/mol. The van der Waals surface area contributed by atoms with Gasteiger partial charge >= 0.3 is 0 Å². The van der Waals surface area contributed by atoms with Crippen molar-refractivity contribution in [1.29, 1.82) is 0 Å². The van der Waals surface area contributed by atoms with E-state index in [0.29, 0.717) is 11.3 Å². The predicted octanol–water partition coefficient (Wildman–Crippen LogP) is 8.15. The van der Waals surface area contributed by atoms with Gasteiger partial charge < -0.3 is 0 Å². The molecular formula is C30H32F2. The lowest BCUT2D eigenvalue weighted by molar-refractivity contribution is 0.287. The molecule has 0 aromatic heterocycles. The summed E-state index contributed by atoms with van der Waals surface area (Å²) < 4.78 is 26.5. The van der Waals surface area contributed by atoms with Crippen molar-refractivity contribution in [3.8, 4) is 0 Å². The molecule has 3 aromatic carbocycles. The molecule has 2 heteroatoms. The Kier molecular flexibility index (Phi) is 6.13. The van der Waals surface area contributed by atoms with Crippen LogP contribution in [0.5, 0.6) is 0 Å². The van der Waals surface area contributed by atoms with Crippen molar-refractivity contribution in [3.05, 3.63) is 107 Å². The van der Waals surface area contributed by atoms with Crippen LogP contribution >= 0.6 is 0 Å². The summed E-state index contributed by atoms with van der Waals surface area (Å²) in [6.07, 6.45) is 10.9. The molecule has 0 amide bonds. The van der Waals surface area contributed by atoms with E-state index in [1.807, 2.05) is 0 Å². The largest absolute Gasteiger partial charge is 0.204 e. The van der Waals surface area contributed by atoms with E-state index < -0.39 is 11.6 Å². The fourth-order valence-electron chi connectivity index (χ4n) is 5.75. The average Bonchev–Trinajstić information content (AvgIpc) is 3.62. The van der Waals surface area contributed by atoms with E-state index in [4.69, 9.17) is 0 Å². The van der Waals surface area contributed by atoms with Crippen LogP contribution in [0.4, 0.5) is 8.78 Å². The molecule has 166 valence electrons. The maximum Gasteiger partial charge on any atom is 0.159 e. The van der Waals surface area contributed by atoms with Crippen LogP contribution in [0.2, 0.25) is 0 Å². The lowest BCUT2D eigenvalue weighted by atomic mass is 9.74. The summed E-state index contributed by atoms with van der Waals surface area (Å²) in [5.74, 6) is 0.00715. The van der Waals surface area contributed by atoms with Crippen LogP contribution in [-0.4, -0.2) is 0 Å². The summed E-state index contributed by atoms with van der Waals surface area (Å²) in [4.78, 5) is 0. The van der Waals surface area contributed by atoms with E-state index in [9.17, 15) is 8.78 Å². The van der Waals surface area contributed by atoms with Crippen molar-refractivity contribution < 1.29 is 8.78 Å². The summed E-state index contributed by atoms with van der Waals surface area (Å²) in [6.45, 7) is 0. The zero-order chi connectivity index (χ0) is 22.0. The first kappa shape index (κ1) is 21.4. The van der Waals surface area contributed by atoms with Gasteiger partial charge in [0.05, 0.1) is 0 Å². The van der Waals surface area contributed by atoms with Gasteiger partial charge in [0.1, 0.15) is 0 Å². The third kappa shape index (κ3) is 4.80. The molecule has 0 bridgehead atoms. The first-order valence-corrected chi connectivity index (χ1v) is 12.2. The second-order valence-electron chi connectivity index (χ2n) is 10.1. The molecule has 0 atom stereocenters. The molecule has 2 fully saturated rings. The Balaban J connectivity index is 1.12. The highest BCUT2D eigenvalue weighted by molar-refractivity contribution is 5.31. The minimum absolute atomic E-state index is 0.480. The molecule has 0 radical (unpaired) electrons. The molecule has 0 saturated heterocycles. The van der Waals surface area contributed by atoms with Crippen molar-refractivity contribution >= 4 is 0 Å². The number of hydrogen-bond acceptors (Lipinski definition) is 0. The molecule has 0 heterocycles. The number of aryl methyl sites for hydroxylation is 2. The van der Waals surface area contributed by atoms with Crippen LogP contribution in [0.15, 0.2) is 72.8 Å². The van der Waals surface area contributed by atoms with E-state index in [-0.39, 0.29) is 0 Å². The normalized spacial score (nSPS) is 21.9. The summed E-state index contributed by atoms with van der Waals surface area (Å²) in [5.41, 5.74) is 5.60. The maximum atomic E-state index is 13.4. The fourth-order valence-corrected chi connectivity index (χ4v) is 5.75. The fraction of sp³-hybridized carbons (Fsp3) is 0.400. The lowest BCUT2D eigenvalue weighted by Crippen LogP contribution is -2.19. The number of benzene rings is 3. The number of hydrogen-bond donors (Lipinski definition) is 0. The van der Waals surface area contributed by atoms with Crippen LogP contribution < -0.4 is 0 Å². The Morgan fingerprint density at radius 2 is 1.34 bits per heavy atom. The summed E-state index contributed by atoms with van der Waals surface area (Å²) in [7, 11) is 0. The van der Waals surface area contributed by atoms with Gasteiger partial charge in [-0.05, 0) is 109 Å². The van der Waals surface area contributed by atoms with Crippen molar-refractivity contribution in [1.82, 2.24) is 0 Å². The topological polar surface area (TPSA) is 0 Å². The highest BCUT2D eigenvalue weighted by Gasteiger charge is 2.45. The molecule has 0 nitrogen and oxygen atoms in total. The zero-order valence-corrected chi connectivity index (χ0v) is 18.7. The van der Waals surface area contributed by atoms with E-state index in [1.165, 1.54) is 68.2 Å². The Hall–Kier alpha value is -2.48. The highest BCUT2D eigenvalue weighted by atomic mass is 19.2. The molecule has 0 unspecified atom stereocenters. The van der Waals surface area contributed by atoms with Gasteiger partial charge in [-0.2, -0.15) is 0 Å². The molecule has 0 spiro atoms. The first-order chi connectivity index (χ1) is 15.6. The van der Waals surface area contributed by atoms with E-state index in [2.05, 4.69) is 54.6 Å². The van der Waals surface area contributed by atoms with Crippen LogP contribution in [0.3, 0.4) is 0 Å². The molecule has 2 aliphatic carbocycles. The van der Waals surface area contributed by atoms with Crippen LogP contribution in [-0.2, 0) is 18.3 Å². The van der Waals surface area contributed by atoms with Crippen LogP contribution in [0.25, 0.3) is 0 Å². The van der Waals surface area contributed by atoms with Gasteiger partial charge in [0.15, 0.2) is 11.6 Å². The Morgan fingerprint density at radius 3 is 2.00 bits per heavy atom. The second-order valence-corrected chi connectivity index (χ2v) is 10.1. The summed E-state index contributed by atoms with van der Waals surface area (Å²) in [5, 5.41) is 0. The number of halogens is 2. The van der Waals surface area contributed by atoms with Crippen molar-refractivity contribution in [2.24, 2.45) is 5.92 Å². The zero-order valence-electron chi connectivity index (χ0n) is 18.7. The Labute approximate surface area is 190 Å². The molecular weight excluding hydrogens is 398 g/mol. The maximum absolute atomic E-state index is 13.4. The standard InChI is InChI=1S/C30H32F2/c31-28-17-12-23(20-29(28)32)7-6-22-8-13-25(14-9-22)26-15-10-24(11-16-26)21-30(18-19-30)27-4-2-1-3-5-27/h1-5,8-9,12-14,17,20,24,26H,6-7,10-11,15-16,18-19,21H2. The van der Waals surface area contributed by atoms with Gasteiger partial charge in [0, 0.05) is 0 Å². The van der Waals surface area contributed by atoms with Crippen LogP contribution in [0, 0.1) is 17.6 Å². The van der Waals surface area contributed by atoms with Crippen molar-refractivity contribution in [2.45, 2.75) is 69.1 Å². The van der Waals surface area contributed by atoms with Crippen LogP contribution in [0.1, 0.15) is 73.1 Å². The summed E-state index contributed by atoms with van der Waals surface area (Å²) in [6, 6.07) is 24.4. The molecule has 2 saturated carbocycles. The smallest absolute Gasteiger partial charge is 0.159 e.